The van der Waals surface area contributed by atoms with Gasteiger partial charge in [0.05, 0.1) is 0 Å². The third-order valence-corrected chi connectivity index (χ3v) is 17.7. The van der Waals surface area contributed by atoms with Gasteiger partial charge in [0.25, 0.3) is 0 Å². The van der Waals surface area contributed by atoms with Crippen molar-refractivity contribution in [1.82, 2.24) is 0 Å². The van der Waals surface area contributed by atoms with E-state index in [9.17, 15) is 0 Å². The van der Waals surface area contributed by atoms with E-state index < -0.39 is 6.29 Å². The van der Waals surface area contributed by atoms with Gasteiger partial charge >= 0.3 is 208 Å². The molecule has 0 aliphatic rings. The van der Waals surface area contributed by atoms with Gasteiger partial charge < -0.3 is 0 Å². The van der Waals surface area contributed by atoms with Gasteiger partial charge in [-0.2, -0.15) is 0 Å². The topological polar surface area (TPSA) is 0 Å². The van der Waals surface area contributed by atoms with E-state index in [0.717, 1.165) is 0 Å². The molecule has 0 spiro atoms. The first-order chi connectivity index (χ1) is 16.5. The summed E-state index contributed by atoms with van der Waals surface area (Å²) in [5, 5.41) is 0. The molecule has 0 radical (unpaired) electrons. The zero-order chi connectivity index (χ0) is 25.2. The molecule has 0 fully saturated rings. The molecule has 0 N–H and O–H groups in total. The van der Waals surface area contributed by atoms with Gasteiger partial charge in [-0.1, -0.05) is 13.3 Å². The van der Waals surface area contributed by atoms with Crippen molar-refractivity contribution in [3.8, 4) is 0 Å². The van der Waals surface area contributed by atoms with Crippen LogP contribution in [0.5, 0.6) is 0 Å². The van der Waals surface area contributed by atoms with Gasteiger partial charge in [0.2, 0.25) is 0 Å². The average Bonchev–Trinajstić information content (AvgIpc) is 2.84. The standard InChI is InChI=1S/C32H70P2/c1-5-9-13-17-18-19-20-21-22-23-24-28-32-34(33,29-25-14-10-6-2,30-26-15-11-7-3)31-27-16-12-8-4/h5-33H2,1-4H3. The van der Waals surface area contributed by atoms with Crippen molar-refractivity contribution in [3.63, 3.8) is 0 Å². The zero-order valence-electron chi connectivity index (χ0n) is 24.8. The second-order valence-corrected chi connectivity index (χ2v) is 22.4. The number of hydrogen-bond donors (Lipinski definition) is 0. The Hall–Kier alpha value is 0.860. The fourth-order valence-corrected chi connectivity index (χ4v) is 13.8. The number of hydrogen-bond acceptors (Lipinski definition) is 0. The van der Waals surface area contributed by atoms with Crippen LogP contribution in [0.2, 0.25) is 0 Å². The molecule has 208 valence electrons. The van der Waals surface area contributed by atoms with Crippen molar-refractivity contribution in [2.75, 3.05) is 24.6 Å². The van der Waals surface area contributed by atoms with Crippen LogP contribution in [-0.4, -0.2) is 24.6 Å². The Balaban J connectivity index is 4.57. The Labute approximate surface area is 221 Å². The molecule has 0 saturated heterocycles. The minimum absolute atomic E-state index is 1.37. The van der Waals surface area contributed by atoms with Gasteiger partial charge in [0.15, 0.2) is 0 Å². The van der Waals surface area contributed by atoms with E-state index >= 15 is 0 Å². The summed E-state index contributed by atoms with van der Waals surface area (Å²) in [5.41, 5.74) is 0. The van der Waals surface area contributed by atoms with Crippen molar-refractivity contribution in [2.24, 2.45) is 0 Å². The van der Waals surface area contributed by atoms with Gasteiger partial charge in [-0.05, 0) is 0 Å². The maximum absolute atomic E-state index is 3.70. The molecule has 0 aromatic carbocycles. The van der Waals surface area contributed by atoms with E-state index in [4.69, 9.17) is 0 Å². The first-order valence-electron chi connectivity index (χ1n) is 16.4. The fraction of sp³-hybridized carbons (Fsp3) is 1.00. The van der Waals surface area contributed by atoms with E-state index in [2.05, 4.69) is 36.6 Å². The molecule has 1 unspecified atom stereocenters. The third-order valence-electron chi connectivity index (χ3n) is 8.46. The molecular formula is C32H70P2. The van der Waals surface area contributed by atoms with Crippen LogP contribution in [0.15, 0.2) is 0 Å². The Bertz CT molecular complexity index is 372. The Morgan fingerprint density at radius 2 is 0.471 bits per heavy atom. The van der Waals surface area contributed by atoms with Crippen LogP contribution in [-0.2, 0) is 0 Å². The first-order valence-corrected chi connectivity index (χ1v) is 20.9. The van der Waals surface area contributed by atoms with Gasteiger partial charge in [0, 0.05) is 0 Å². The van der Waals surface area contributed by atoms with Crippen molar-refractivity contribution >= 4 is 15.2 Å². The normalized spacial score (nSPS) is 13.3. The van der Waals surface area contributed by atoms with Crippen LogP contribution >= 0.6 is 15.2 Å². The minimum atomic E-state index is -1.62. The van der Waals surface area contributed by atoms with Crippen LogP contribution in [0.3, 0.4) is 0 Å². The van der Waals surface area contributed by atoms with Crippen molar-refractivity contribution in [3.05, 3.63) is 0 Å². The number of unbranched alkanes of at least 4 members (excludes halogenated alkanes) is 20. The summed E-state index contributed by atoms with van der Waals surface area (Å²) in [6, 6.07) is 0. The van der Waals surface area contributed by atoms with Gasteiger partial charge in [-0.15, -0.1) is 0 Å². The summed E-state index contributed by atoms with van der Waals surface area (Å²) in [5.74, 6) is 0. The van der Waals surface area contributed by atoms with Crippen LogP contribution in [0.4, 0.5) is 0 Å². The predicted molar refractivity (Wildman–Crippen MR) is 170 cm³/mol. The first kappa shape index (κ1) is 34.9. The molecule has 0 heterocycles. The third kappa shape index (κ3) is 20.0. The molecule has 0 saturated carbocycles. The van der Waals surface area contributed by atoms with E-state index in [0.29, 0.717) is 0 Å². The maximum atomic E-state index is 3.70. The second-order valence-electron chi connectivity index (χ2n) is 12.0. The van der Waals surface area contributed by atoms with Crippen LogP contribution in [0, 0.1) is 0 Å². The number of rotatable bonds is 28. The van der Waals surface area contributed by atoms with Crippen LogP contribution in [0.1, 0.15) is 182 Å². The van der Waals surface area contributed by atoms with E-state index in [-0.39, 0.29) is 0 Å². The molecule has 1 atom stereocenters. The molecule has 0 bridgehead atoms. The molecule has 0 nitrogen and oxygen atoms in total. The molecule has 2 heteroatoms. The van der Waals surface area contributed by atoms with Crippen LogP contribution in [0.25, 0.3) is 0 Å². The SMILES string of the molecule is CCCCCCCCCCCCCCP(P)(CCCCCC)(CCCCCC)CCCCCC. The molecule has 0 aromatic heterocycles. The van der Waals surface area contributed by atoms with Crippen molar-refractivity contribution < 1.29 is 0 Å². The van der Waals surface area contributed by atoms with E-state index in [1.807, 2.05) is 0 Å². The van der Waals surface area contributed by atoms with Gasteiger partial charge in [-0.3, -0.25) is 0 Å². The van der Waals surface area contributed by atoms with Gasteiger partial charge in [-0.25, -0.2) is 0 Å². The second kappa shape index (κ2) is 24.2. The predicted octanol–water partition coefficient (Wildman–Crippen LogP) is 12.8. The van der Waals surface area contributed by atoms with E-state index in [1.165, 1.54) is 154 Å². The quantitative estimate of drug-likeness (QED) is 0.0716. The fourth-order valence-electron chi connectivity index (χ4n) is 5.95. The molecular weight excluding hydrogens is 446 g/mol. The summed E-state index contributed by atoms with van der Waals surface area (Å²) in [6.45, 7) is 9.41. The molecule has 34 heavy (non-hydrogen) atoms. The Kier molecular flexibility index (Phi) is 24.8. The average molecular weight is 517 g/mol. The summed E-state index contributed by atoms with van der Waals surface area (Å²) < 4.78 is 0. The Morgan fingerprint density at radius 1 is 0.294 bits per heavy atom. The Morgan fingerprint density at radius 3 is 0.706 bits per heavy atom. The monoisotopic (exact) mass is 516 g/mol. The molecule has 0 aliphatic heterocycles. The summed E-state index contributed by atoms with van der Waals surface area (Å²) >= 11 is 0. The zero-order valence-corrected chi connectivity index (χ0v) is 26.9. The van der Waals surface area contributed by atoms with Crippen molar-refractivity contribution in [2.45, 2.75) is 182 Å². The molecule has 0 rings (SSSR count). The van der Waals surface area contributed by atoms with E-state index in [1.54, 1.807) is 24.6 Å². The summed E-state index contributed by atoms with van der Waals surface area (Å²) in [6.07, 6.45) is 39.9. The summed E-state index contributed by atoms with van der Waals surface area (Å²) in [7, 11) is 3.70. The van der Waals surface area contributed by atoms with Crippen molar-refractivity contribution in [1.29, 1.82) is 0 Å². The molecule has 0 aliphatic carbocycles. The molecule has 0 aromatic rings. The molecule has 0 amide bonds. The van der Waals surface area contributed by atoms with Crippen LogP contribution < -0.4 is 0 Å². The van der Waals surface area contributed by atoms with Gasteiger partial charge in [0.1, 0.15) is 0 Å². The summed E-state index contributed by atoms with van der Waals surface area (Å²) in [4.78, 5) is 0.